The first-order chi connectivity index (χ1) is 16.4. The van der Waals surface area contributed by atoms with Crippen LogP contribution >= 0.6 is 11.6 Å². The Morgan fingerprint density at radius 2 is 1.74 bits per heavy atom. The van der Waals surface area contributed by atoms with Crippen molar-refractivity contribution in [2.45, 2.75) is 45.7 Å². The molecule has 1 saturated carbocycles. The second-order valence-electron chi connectivity index (χ2n) is 8.67. The number of halogens is 1. The Hall–Kier alpha value is -3.32. The van der Waals surface area contributed by atoms with Crippen molar-refractivity contribution in [3.05, 3.63) is 81.6 Å². The largest absolute Gasteiger partial charge is 0.484 e. The molecular formula is C26H29ClN4O3. The summed E-state index contributed by atoms with van der Waals surface area (Å²) in [6.07, 6.45) is 2.76. The number of hydrogen-bond acceptors (Lipinski definition) is 4. The summed E-state index contributed by atoms with van der Waals surface area (Å²) in [5, 5.41) is 10.6. The third-order valence-electron chi connectivity index (χ3n) is 5.68. The van der Waals surface area contributed by atoms with Crippen LogP contribution in [0.4, 0.5) is 0 Å². The van der Waals surface area contributed by atoms with Gasteiger partial charge in [0.25, 0.3) is 11.8 Å². The molecule has 2 aromatic carbocycles. The molecular weight excluding hydrogens is 452 g/mol. The van der Waals surface area contributed by atoms with Gasteiger partial charge in [-0.15, -0.1) is 0 Å². The van der Waals surface area contributed by atoms with E-state index in [-0.39, 0.29) is 18.4 Å². The van der Waals surface area contributed by atoms with Crippen molar-refractivity contribution in [3.8, 4) is 5.75 Å². The van der Waals surface area contributed by atoms with Crippen LogP contribution in [0.15, 0.2) is 48.5 Å². The molecule has 1 aliphatic rings. The molecule has 1 aromatic heterocycles. The Balaban J connectivity index is 1.26. The fourth-order valence-corrected chi connectivity index (χ4v) is 3.91. The molecule has 3 aromatic rings. The zero-order valence-electron chi connectivity index (χ0n) is 19.4. The Morgan fingerprint density at radius 3 is 2.41 bits per heavy atom. The SMILES string of the molecule is Cc1ccc(Cn2nc(C)c(C(=O)NCCc3ccc(OCC(=O)NC4CC4)cc3)c2Cl)cc1. The molecule has 34 heavy (non-hydrogen) atoms. The van der Waals surface area contributed by atoms with Crippen molar-refractivity contribution in [1.82, 2.24) is 20.4 Å². The third kappa shape index (κ3) is 6.38. The number of aromatic nitrogens is 2. The second kappa shape index (κ2) is 10.7. The van der Waals surface area contributed by atoms with Crippen LogP contribution in [-0.2, 0) is 17.8 Å². The third-order valence-corrected chi connectivity index (χ3v) is 6.06. The van der Waals surface area contributed by atoms with Crippen LogP contribution in [0.1, 0.15) is 45.6 Å². The van der Waals surface area contributed by atoms with Gasteiger partial charge in [0.2, 0.25) is 0 Å². The maximum atomic E-state index is 12.8. The van der Waals surface area contributed by atoms with Gasteiger partial charge in [-0.3, -0.25) is 9.59 Å². The summed E-state index contributed by atoms with van der Waals surface area (Å²) in [5.41, 5.74) is 4.31. The van der Waals surface area contributed by atoms with Crippen LogP contribution in [0.2, 0.25) is 5.15 Å². The van der Waals surface area contributed by atoms with Crippen molar-refractivity contribution in [2.24, 2.45) is 0 Å². The van der Waals surface area contributed by atoms with E-state index in [1.54, 1.807) is 11.6 Å². The summed E-state index contributed by atoms with van der Waals surface area (Å²) in [5.74, 6) is 0.312. The van der Waals surface area contributed by atoms with Gasteiger partial charge in [-0.05, 0) is 56.4 Å². The lowest BCUT2D eigenvalue weighted by atomic mass is 10.1. The molecule has 8 heteroatoms. The monoisotopic (exact) mass is 480 g/mol. The van der Waals surface area contributed by atoms with Gasteiger partial charge in [0.1, 0.15) is 10.9 Å². The molecule has 1 aliphatic carbocycles. The molecule has 0 atom stereocenters. The van der Waals surface area contributed by atoms with Gasteiger partial charge >= 0.3 is 0 Å². The fraction of sp³-hybridized carbons (Fsp3) is 0.346. The minimum absolute atomic E-state index is 0.0175. The standard InChI is InChI=1S/C26H29ClN4O3/c1-17-3-5-20(6-4-17)15-31-25(27)24(18(2)30-31)26(33)28-14-13-19-7-11-22(12-8-19)34-16-23(32)29-21-9-10-21/h3-8,11-12,21H,9-10,13-16H2,1-2H3,(H,28,33)(H,29,32). The molecule has 2 N–H and O–H groups in total. The van der Waals surface area contributed by atoms with E-state index in [0.717, 1.165) is 24.0 Å². The maximum Gasteiger partial charge on any atom is 0.258 e. The molecule has 0 bridgehead atoms. The minimum atomic E-state index is -0.237. The number of nitrogens with one attached hydrogen (secondary N) is 2. The smallest absolute Gasteiger partial charge is 0.258 e. The lowest BCUT2D eigenvalue weighted by Gasteiger charge is -2.08. The first-order valence-electron chi connectivity index (χ1n) is 11.5. The van der Waals surface area contributed by atoms with Crippen molar-refractivity contribution < 1.29 is 14.3 Å². The van der Waals surface area contributed by atoms with Crippen LogP contribution < -0.4 is 15.4 Å². The molecule has 0 aliphatic heterocycles. The number of hydrogen-bond donors (Lipinski definition) is 2. The highest BCUT2D eigenvalue weighted by Gasteiger charge is 2.23. The molecule has 0 saturated heterocycles. The number of aryl methyl sites for hydroxylation is 2. The average molecular weight is 481 g/mol. The molecule has 0 radical (unpaired) electrons. The van der Waals surface area contributed by atoms with Gasteiger partial charge in [-0.25, -0.2) is 4.68 Å². The molecule has 0 unspecified atom stereocenters. The van der Waals surface area contributed by atoms with E-state index in [2.05, 4.69) is 15.7 Å². The number of amides is 2. The Bertz CT molecular complexity index is 1150. The van der Waals surface area contributed by atoms with E-state index in [1.165, 1.54) is 5.56 Å². The van der Waals surface area contributed by atoms with Crippen LogP contribution in [0.3, 0.4) is 0 Å². The predicted octanol–water partition coefficient (Wildman–Crippen LogP) is 3.83. The Morgan fingerprint density at radius 1 is 1.06 bits per heavy atom. The number of benzene rings is 2. The van der Waals surface area contributed by atoms with Crippen molar-refractivity contribution in [1.29, 1.82) is 0 Å². The zero-order valence-corrected chi connectivity index (χ0v) is 20.2. The quantitative estimate of drug-likeness (QED) is 0.462. The number of rotatable bonds is 10. The number of ether oxygens (including phenoxy) is 1. The normalized spacial score (nSPS) is 12.9. The second-order valence-corrected chi connectivity index (χ2v) is 9.03. The van der Waals surface area contributed by atoms with Crippen LogP contribution in [-0.4, -0.2) is 40.8 Å². The van der Waals surface area contributed by atoms with Gasteiger partial charge < -0.3 is 15.4 Å². The maximum absolute atomic E-state index is 12.8. The molecule has 4 rings (SSSR count). The lowest BCUT2D eigenvalue weighted by molar-refractivity contribution is -0.123. The molecule has 0 spiro atoms. The predicted molar refractivity (Wildman–Crippen MR) is 131 cm³/mol. The highest BCUT2D eigenvalue weighted by molar-refractivity contribution is 6.33. The molecule has 7 nitrogen and oxygen atoms in total. The first-order valence-corrected chi connectivity index (χ1v) is 11.8. The molecule has 2 amide bonds. The van der Waals surface area contributed by atoms with Crippen LogP contribution in [0.25, 0.3) is 0 Å². The van der Waals surface area contributed by atoms with Crippen molar-refractivity contribution in [2.75, 3.05) is 13.2 Å². The fourth-order valence-electron chi connectivity index (χ4n) is 3.59. The first kappa shape index (κ1) is 23.8. The summed E-state index contributed by atoms with van der Waals surface area (Å²) in [4.78, 5) is 24.5. The highest BCUT2D eigenvalue weighted by Crippen LogP contribution is 2.21. The minimum Gasteiger partial charge on any atom is -0.484 e. The molecule has 1 fully saturated rings. The molecule has 1 heterocycles. The van der Waals surface area contributed by atoms with Gasteiger partial charge in [-0.2, -0.15) is 5.10 Å². The van der Waals surface area contributed by atoms with E-state index in [9.17, 15) is 9.59 Å². The molecule has 178 valence electrons. The summed E-state index contributed by atoms with van der Waals surface area (Å²) >= 11 is 6.50. The lowest BCUT2D eigenvalue weighted by Crippen LogP contribution is -2.30. The topological polar surface area (TPSA) is 85.2 Å². The van der Waals surface area contributed by atoms with Gasteiger partial charge in [0.05, 0.1) is 17.8 Å². The Kier molecular flexibility index (Phi) is 7.53. The van der Waals surface area contributed by atoms with Crippen LogP contribution in [0.5, 0.6) is 5.75 Å². The van der Waals surface area contributed by atoms with E-state index in [1.807, 2.05) is 55.5 Å². The highest BCUT2D eigenvalue weighted by atomic mass is 35.5. The van der Waals surface area contributed by atoms with Gasteiger partial charge in [-0.1, -0.05) is 53.6 Å². The van der Waals surface area contributed by atoms with Gasteiger partial charge in [0.15, 0.2) is 6.61 Å². The van der Waals surface area contributed by atoms with Crippen molar-refractivity contribution >= 4 is 23.4 Å². The van der Waals surface area contributed by atoms with E-state index >= 15 is 0 Å². The summed E-state index contributed by atoms with van der Waals surface area (Å²) in [6.45, 7) is 4.81. The number of nitrogens with zero attached hydrogens (tertiary/aromatic N) is 2. The zero-order chi connectivity index (χ0) is 24.1. The van der Waals surface area contributed by atoms with Gasteiger partial charge in [0, 0.05) is 12.6 Å². The number of carbonyl (C=O) groups excluding carboxylic acids is 2. The summed E-state index contributed by atoms with van der Waals surface area (Å²) in [6, 6.07) is 16.0. The number of carbonyl (C=O) groups is 2. The summed E-state index contributed by atoms with van der Waals surface area (Å²) < 4.78 is 7.18. The average Bonchev–Trinajstić information content (AvgIpc) is 3.58. The van der Waals surface area contributed by atoms with Crippen molar-refractivity contribution in [3.63, 3.8) is 0 Å². The summed E-state index contributed by atoms with van der Waals surface area (Å²) in [7, 11) is 0. The van der Waals surface area contributed by atoms with E-state index < -0.39 is 0 Å². The Labute approximate surface area is 204 Å². The van der Waals surface area contributed by atoms with E-state index in [0.29, 0.717) is 47.7 Å². The van der Waals surface area contributed by atoms with E-state index in [4.69, 9.17) is 16.3 Å². The van der Waals surface area contributed by atoms with Crippen LogP contribution in [0, 0.1) is 13.8 Å².